The largest absolute Gasteiger partial charge is 0.450 e. The molecular weight excluding hydrogens is 289 g/mol. The standard InChI is InChI=1S/C14H19F3O4/c1-9(2)13(19)20-8-11(18)21-12(14(15,16)17)10-6-4-3-5-7-10/h10,12H,1,3-8H2,2H3. The van der Waals surface area contributed by atoms with E-state index in [9.17, 15) is 22.8 Å². The van der Waals surface area contributed by atoms with Crippen LogP contribution in [0.2, 0.25) is 0 Å². The second-order valence-corrected chi connectivity index (χ2v) is 5.21. The molecule has 1 fully saturated rings. The van der Waals surface area contributed by atoms with Gasteiger partial charge in [0.15, 0.2) is 12.7 Å². The van der Waals surface area contributed by atoms with Crippen LogP contribution in [-0.4, -0.2) is 30.8 Å². The zero-order valence-electron chi connectivity index (χ0n) is 11.9. The zero-order valence-corrected chi connectivity index (χ0v) is 11.9. The number of ether oxygens (including phenoxy) is 2. The lowest BCUT2D eigenvalue weighted by Crippen LogP contribution is -2.41. The minimum absolute atomic E-state index is 0.0578. The van der Waals surface area contributed by atoms with Crippen LogP contribution < -0.4 is 0 Å². The number of carbonyl (C=O) groups excluding carboxylic acids is 2. The van der Waals surface area contributed by atoms with Crippen LogP contribution in [0.5, 0.6) is 0 Å². The van der Waals surface area contributed by atoms with E-state index >= 15 is 0 Å². The van der Waals surface area contributed by atoms with Crippen molar-refractivity contribution in [3.8, 4) is 0 Å². The average molecular weight is 308 g/mol. The lowest BCUT2D eigenvalue weighted by atomic mass is 9.85. The van der Waals surface area contributed by atoms with Crippen LogP contribution in [0, 0.1) is 5.92 Å². The predicted octanol–water partition coefficient (Wildman–Crippen LogP) is 3.16. The van der Waals surface area contributed by atoms with Crippen molar-refractivity contribution in [1.82, 2.24) is 0 Å². The summed E-state index contributed by atoms with van der Waals surface area (Å²) in [6.45, 7) is 3.83. The van der Waals surface area contributed by atoms with Gasteiger partial charge in [-0.1, -0.05) is 25.8 Å². The summed E-state index contributed by atoms with van der Waals surface area (Å²) in [5.41, 5.74) is 0.0578. The summed E-state index contributed by atoms with van der Waals surface area (Å²) in [6.07, 6.45) is -3.71. The van der Waals surface area contributed by atoms with Crippen molar-refractivity contribution in [2.75, 3.05) is 6.61 Å². The number of carbonyl (C=O) groups is 2. The summed E-state index contributed by atoms with van der Waals surface area (Å²) in [7, 11) is 0. The molecule has 0 aromatic rings. The molecule has 0 N–H and O–H groups in total. The Hall–Kier alpha value is -1.53. The molecule has 0 aromatic heterocycles. The van der Waals surface area contributed by atoms with E-state index < -0.39 is 36.7 Å². The van der Waals surface area contributed by atoms with Crippen molar-refractivity contribution in [1.29, 1.82) is 0 Å². The summed E-state index contributed by atoms with van der Waals surface area (Å²) >= 11 is 0. The van der Waals surface area contributed by atoms with E-state index in [0.717, 1.165) is 6.42 Å². The minimum Gasteiger partial charge on any atom is -0.450 e. The summed E-state index contributed by atoms with van der Waals surface area (Å²) in [4.78, 5) is 22.5. The van der Waals surface area contributed by atoms with Crippen LogP contribution in [0.3, 0.4) is 0 Å². The Kier molecular flexibility index (Phi) is 6.23. The normalized spacial score (nSPS) is 17.9. The molecule has 0 radical (unpaired) electrons. The fraction of sp³-hybridized carbons (Fsp3) is 0.714. The van der Waals surface area contributed by atoms with Crippen molar-refractivity contribution in [3.05, 3.63) is 12.2 Å². The highest BCUT2D eigenvalue weighted by molar-refractivity contribution is 5.88. The highest BCUT2D eigenvalue weighted by atomic mass is 19.4. The fourth-order valence-electron chi connectivity index (χ4n) is 2.29. The first-order valence-corrected chi connectivity index (χ1v) is 6.80. The highest BCUT2D eigenvalue weighted by Crippen LogP contribution is 2.36. The molecule has 1 aliphatic carbocycles. The van der Waals surface area contributed by atoms with Crippen LogP contribution in [-0.2, 0) is 19.1 Å². The number of esters is 2. The smallest absolute Gasteiger partial charge is 0.425 e. The predicted molar refractivity (Wildman–Crippen MR) is 68.3 cm³/mol. The SMILES string of the molecule is C=C(C)C(=O)OCC(=O)OC(C1CCCCC1)C(F)(F)F. The Labute approximate surface area is 121 Å². The van der Waals surface area contributed by atoms with Gasteiger partial charge in [0.2, 0.25) is 0 Å². The van der Waals surface area contributed by atoms with Crippen molar-refractivity contribution < 1.29 is 32.2 Å². The average Bonchev–Trinajstić information content (AvgIpc) is 2.41. The first-order chi connectivity index (χ1) is 9.71. The monoisotopic (exact) mass is 308 g/mol. The van der Waals surface area contributed by atoms with Gasteiger partial charge in [-0.25, -0.2) is 9.59 Å². The Bertz CT molecular complexity index is 398. The Morgan fingerprint density at radius 3 is 2.29 bits per heavy atom. The van der Waals surface area contributed by atoms with Gasteiger partial charge < -0.3 is 9.47 Å². The summed E-state index contributed by atoms with van der Waals surface area (Å²) in [5, 5.41) is 0. The molecule has 1 aliphatic rings. The van der Waals surface area contributed by atoms with Gasteiger partial charge in [-0.15, -0.1) is 0 Å². The lowest BCUT2D eigenvalue weighted by Gasteiger charge is -2.31. The molecule has 1 saturated carbocycles. The van der Waals surface area contributed by atoms with Gasteiger partial charge in [0, 0.05) is 11.5 Å². The summed E-state index contributed by atoms with van der Waals surface area (Å²) in [5.74, 6) is -2.76. The molecule has 1 rings (SSSR count). The van der Waals surface area contributed by atoms with Gasteiger partial charge in [-0.2, -0.15) is 13.2 Å². The molecular formula is C14H19F3O4. The highest BCUT2D eigenvalue weighted by Gasteiger charge is 2.47. The topological polar surface area (TPSA) is 52.6 Å². The zero-order chi connectivity index (χ0) is 16.0. The molecule has 21 heavy (non-hydrogen) atoms. The number of rotatable bonds is 5. The van der Waals surface area contributed by atoms with E-state index in [4.69, 9.17) is 0 Å². The fourth-order valence-corrected chi connectivity index (χ4v) is 2.29. The van der Waals surface area contributed by atoms with Gasteiger partial charge in [-0.3, -0.25) is 0 Å². The van der Waals surface area contributed by atoms with Gasteiger partial charge >= 0.3 is 18.1 Å². The summed E-state index contributed by atoms with van der Waals surface area (Å²) in [6, 6.07) is 0. The Morgan fingerprint density at radius 2 is 1.81 bits per heavy atom. The maximum atomic E-state index is 13.0. The molecule has 0 aliphatic heterocycles. The van der Waals surface area contributed by atoms with Gasteiger partial charge in [0.05, 0.1) is 0 Å². The molecule has 1 unspecified atom stereocenters. The van der Waals surface area contributed by atoms with Crippen molar-refractivity contribution in [2.45, 2.75) is 51.3 Å². The second-order valence-electron chi connectivity index (χ2n) is 5.21. The van der Waals surface area contributed by atoms with E-state index in [1.807, 2.05) is 0 Å². The molecule has 0 spiro atoms. The molecule has 0 bridgehead atoms. The van der Waals surface area contributed by atoms with E-state index in [1.54, 1.807) is 0 Å². The lowest BCUT2D eigenvalue weighted by molar-refractivity contribution is -0.238. The van der Waals surface area contributed by atoms with Crippen molar-refractivity contribution in [3.63, 3.8) is 0 Å². The molecule has 0 heterocycles. The van der Waals surface area contributed by atoms with Crippen LogP contribution in [0.15, 0.2) is 12.2 Å². The number of hydrogen-bond acceptors (Lipinski definition) is 4. The molecule has 120 valence electrons. The van der Waals surface area contributed by atoms with Gasteiger partial charge in [0.25, 0.3) is 0 Å². The van der Waals surface area contributed by atoms with Crippen LogP contribution in [0.1, 0.15) is 39.0 Å². The Balaban J connectivity index is 2.58. The van der Waals surface area contributed by atoms with E-state index in [2.05, 4.69) is 16.1 Å². The third-order valence-corrected chi connectivity index (χ3v) is 3.33. The second kappa shape index (κ2) is 7.47. The molecule has 0 amide bonds. The van der Waals surface area contributed by atoms with E-state index in [1.165, 1.54) is 6.92 Å². The van der Waals surface area contributed by atoms with Crippen LogP contribution >= 0.6 is 0 Å². The van der Waals surface area contributed by atoms with Gasteiger partial charge in [-0.05, 0) is 19.8 Å². The van der Waals surface area contributed by atoms with Gasteiger partial charge in [0.1, 0.15) is 0 Å². The van der Waals surface area contributed by atoms with E-state index in [-0.39, 0.29) is 5.57 Å². The number of halogens is 3. The third kappa shape index (κ3) is 5.77. The molecule has 1 atom stereocenters. The van der Waals surface area contributed by atoms with Crippen LogP contribution in [0.4, 0.5) is 13.2 Å². The number of alkyl halides is 3. The van der Waals surface area contributed by atoms with Crippen molar-refractivity contribution in [2.24, 2.45) is 5.92 Å². The maximum Gasteiger partial charge on any atom is 0.425 e. The summed E-state index contributed by atoms with van der Waals surface area (Å²) < 4.78 is 48.0. The maximum absolute atomic E-state index is 13.0. The molecule has 0 aromatic carbocycles. The first kappa shape index (κ1) is 17.5. The van der Waals surface area contributed by atoms with Crippen LogP contribution in [0.25, 0.3) is 0 Å². The van der Waals surface area contributed by atoms with E-state index in [0.29, 0.717) is 25.7 Å². The first-order valence-electron chi connectivity index (χ1n) is 6.80. The number of hydrogen-bond donors (Lipinski definition) is 0. The molecule has 4 nitrogen and oxygen atoms in total. The third-order valence-electron chi connectivity index (χ3n) is 3.33. The minimum atomic E-state index is -4.62. The quantitative estimate of drug-likeness (QED) is 0.578. The Morgan fingerprint density at radius 1 is 1.24 bits per heavy atom. The van der Waals surface area contributed by atoms with Crippen molar-refractivity contribution >= 4 is 11.9 Å². The molecule has 0 saturated heterocycles. The molecule has 7 heteroatoms.